The van der Waals surface area contributed by atoms with Gasteiger partial charge in [-0.3, -0.25) is 0 Å². The predicted molar refractivity (Wildman–Crippen MR) is 70.6 cm³/mol. The van der Waals surface area contributed by atoms with E-state index in [0.29, 0.717) is 6.04 Å². The van der Waals surface area contributed by atoms with Gasteiger partial charge < -0.3 is 5.32 Å². The van der Waals surface area contributed by atoms with Crippen LogP contribution in [-0.4, -0.2) is 6.54 Å². The summed E-state index contributed by atoms with van der Waals surface area (Å²) in [5.74, 6) is 0. The zero-order valence-electron chi connectivity index (χ0n) is 9.61. The van der Waals surface area contributed by atoms with Gasteiger partial charge in [0.2, 0.25) is 0 Å². The molecular weight excluding hydrogens is 194 g/mol. The van der Waals surface area contributed by atoms with Crippen LogP contribution < -0.4 is 5.32 Å². The second-order valence-corrected chi connectivity index (χ2v) is 4.03. The molecule has 1 atom stereocenters. The van der Waals surface area contributed by atoms with Gasteiger partial charge in [0.15, 0.2) is 0 Å². The molecule has 2 aromatic carbocycles. The maximum atomic E-state index is 3.71. The topological polar surface area (TPSA) is 12.0 Å². The molecule has 2 rings (SSSR count). The maximum Gasteiger partial charge on any atom is 0.0294 e. The van der Waals surface area contributed by atoms with Crippen molar-refractivity contribution in [2.24, 2.45) is 0 Å². The number of fused-ring (bicyclic) bond motifs is 1. The summed E-state index contributed by atoms with van der Waals surface area (Å²) in [7, 11) is 0. The summed E-state index contributed by atoms with van der Waals surface area (Å²) in [6.07, 6.45) is 1.89. The van der Waals surface area contributed by atoms with Crippen LogP contribution >= 0.6 is 0 Å². The molecule has 0 saturated carbocycles. The quantitative estimate of drug-likeness (QED) is 0.761. The Morgan fingerprint density at radius 2 is 1.94 bits per heavy atom. The predicted octanol–water partition coefficient (Wildman–Crippen LogP) is 3.68. The molecule has 16 heavy (non-hydrogen) atoms. The summed E-state index contributed by atoms with van der Waals surface area (Å²) in [6.45, 7) is 6.73. The summed E-state index contributed by atoms with van der Waals surface area (Å²) in [5, 5.41) is 5.99. The molecule has 0 bridgehead atoms. The summed E-state index contributed by atoms with van der Waals surface area (Å²) in [5.41, 5.74) is 1.32. The number of nitrogens with one attached hydrogen (secondary N) is 1. The van der Waals surface area contributed by atoms with Gasteiger partial charge in [-0.25, -0.2) is 0 Å². The van der Waals surface area contributed by atoms with Crippen LogP contribution in [-0.2, 0) is 0 Å². The lowest BCUT2D eigenvalue weighted by Crippen LogP contribution is -2.18. The first-order chi connectivity index (χ1) is 7.81. The van der Waals surface area contributed by atoms with Crippen LogP contribution in [0.3, 0.4) is 0 Å². The lowest BCUT2D eigenvalue weighted by molar-refractivity contribution is 0.618. The Balaban J connectivity index is 2.28. The maximum absolute atomic E-state index is 3.71. The minimum Gasteiger partial charge on any atom is -0.307 e. The third-order valence-electron chi connectivity index (χ3n) is 2.84. The first-order valence-corrected chi connectivity index (χ1v) is 5.64. The van der Waals surface area contributed by atoms with Crippen molar-refractivity contribution in [3.8, 4) is 0 Å². The van der Waals surface area contributed by atoms with Crippen LogP contribution in [0.4, 0.5) is 0 Å². The Morgan fingerprint density at radius 1 is 1.19 bits per heavy atom. The fraction of sp³-hybridized carbons (Fsp3) is 0.200. The number of hydrogen-bond acceptors (Lipinski definition) is 1. The van der Waals surface area contributed by atoms with Gasteiger partial charge >= 0.3 is 0 Å². The van der Waals surface area contributed by atoms with Crippen molar-refractivity contribution >= 4 is 10.8 Å². The molecule has 2 aromatic rings. The molecule has 0 aliphatic rings. The Morgan fingerprint density at radius 3 is 2.69 bits per heavy atom. The number of benzene rings is 2. The van der Waals surface area contributed by atoms with Gasteiger partial charge in [-0.05, 0) is 29.3 Å². The van der Waals surface area contributed by atoms with Crippen LogP contribution in [0.25, 0.3) is 10.8 Å². The van der Waals surface area contributed by atoms with E-state index < -0.39 is 0 Å². The van der Waals surface area contributed by atoms with E-state index in [2.05, 4.69) is 61.3 Å². The van der Waals surface area contributed by atoms with Gasteiger partial charge in [-0.15, -0.1) is 6.58 Å². The summed E-state index contributed by atoms with van der Waals surface area (Å²) in [6, 6.07) is 15.4. The van der Waals surface area contributed by atoms with E-state index in [1.165, 1.54) is 16.3 Å². The second-order valence-electron chi connectivity index (χ2n) is 4.03. The summed E-state index contributed by atoms with van der Waals surface area (Å²) in [4.78, 5) is 0. The zero-order valence-corrected chi connectivity index (χ0v) is 9.61. The molecule has 0 radical (unpaired) electrons. The highest BCUT2D eigenvalue weighted by atomic mass is 14.9. The molecule has 0 heterocycles. The Labute approximate surface area is 96.8 Å². The van der Waals surface area contributed by atoms with E-state index in [4.69, 9.17) is 0 Å². The average Bonchev–Trinajstić information content (AvgIpc) is 2.35. The average molecular weight is 211 g/mol. The minimum atomic E-state index is 0.364. The van der Waals surface area contributed by atoms with E-state index in [1.807, 2.05) is 6.08 Å². The standard InChI is InChI=1S/C15H17N/c1-3-10-16-12(2)14-9-8-13-6-4-5-7-15(13)11-14/h3-9,11-12,16H,1,10H2,2H3/t12-/m1/s1. The van der Waals surface area contributed by atoms with Crippen molar-refractivity contribution in [2.75, 3.05) is 6.54 Å². The van der Waals surface area contributed by atoms with Crippen molar-refractivity contribution in [1.82, 2.24) is 5.32 Å². The first kappa shape index (κ1) is 10.9. The molecule has 0 spiro atoms. The van der Waals surface area contributed by atoms with Gasteiger partial charge in [0, 0.05) is 12.6 Å². The molecule has 0 saturated heterocycles. The smallest absolute Gasteiger partial charge is 0.0294 e. The molecule has 1 heteroatoms. The number of hydrogen-bond donors (Lipinski definition) is 1. The molecule has 0 aromatic heterocycles. The lowest BCUT2D eigenvalue weighted by Gasteiger charge is -2.13. The number of rotatable bonds is 4. The van der Waals surface area contributed by atoms with Crippen LogP contribution in [0, 0.1) is 0 Å². The molecule has 0 aliphatic carbocycles. The van der Waals surface area contributed by atoms with E-state index >= 15 is 0 Å². The first-order valence-electron chi connectivity index (χ1n) is 5.64. The van der Waals surface area contributed by atoms with Crippen molar-refractivity contribution in [1.29, 1.82) is 0 Å². The van der Waals surface area contributed by atoms with Gasteiger partial charge in [0.25, 0.3) is 0 Å². The van der Waals surface area contributed by atoms with Crippen molar-refractivity contribution in [2.45, 2.75) is 13.0 Å². The molecule has 82 valence electrons. The zero-order chi connectivity index (χ0) is 11.4. The highest BCUT2D eigenvalue weighted by Crippen LogP contribution is 2.19. The molecule has 0 amide bonds. The third-order valence-corrected chi connectivity index (χ3v) is 2.84. The molecule has 0 aliphatic heterocycles. The highest BCUT2D eigenvalue weighted by molar-refractivity contribution is 5.83. The molecule has 1 nitrogen and oxygen atoms in total. The van der Waals surface area contributed by atoms with Gasteiger partial charge in [-0.2, -0.15) is 0 Å². The Bertz CT molecular complexity index is 488. The van der Waals surface area contributed by atoms with Crippen molar-refractivity contribution in [3.63, 3.8) is 0 Å². The SMILES string of the molecule is C=CCN[C@H](C)c1ccc2ccccc2c1. The van der Waals surface area contributed by atoms with E-state index in [0.717, 1.165) is 6.54 Å². The van der Waals surface area contributed by atoms with Crippen LogP contribution in [0.1, 0.15) is 18.5 Å². The van der Waals surface area contributed by atoms with Crippen molar-refractivity contribution in [3.05, 3.63) is 60.7 Å². The summed E-state index contributed by atoms with van der Waals surface area (Å²) < 4.78 is 0. The van der Waals surface area contributed by atoms with E-state index in [-0.39, 0.29) is 0 Å². The Hall–Kier alpha value is -1.60. The third kappa shape index (κ3) is 2.31. The molecule has 0 fully saturated rings. The van der Waals surface area contributed by atoms with Gasteiger partial charge in [-0.1, -0.05) is 42.5 Å². The highest BCUT2D eigenvalue weighted by Gasteiger charge is 2.03. The minimum absolute atomic E-state index is 0.364. The monoisotopic (exact) mass is 211 g/mol. The van der Waals surface area contributed by atoms with Gasteiger partial charge in [0.05, 0.1) is 0 Å². The van der Waals surface area contributed by atoms with Crippen molar-refractivity contribution < 1.29 is 0 Å². The summed E-state index contributed by atoms with van der Waals surface area (Å²) >= 11 is 0. The van der Waals surface area contributed by atoms with Crippen LogP contribution in [0.15, 0.2) is 55.1 Å². The lowest BCUT2D eigenvalue weighted by atomic mass is 10.0. The van der Waals surface area contributed by atoms with E-state index in [1.54, 1.807) is 0 Å². The largest absolute Gasteiger partial charge is 0.307 e. The fourth-order valence-electron chi connectivity index (χ4n) is 1.86. The molecule has 1 N–H and O–H groups in total. The fourth-order valence-corrected chi connectivity index (χ4v) is 1.86. The van der Waals surface area contributed by atoms with Gasteiger partial charge in [0.1, 0.15) is 0 Å². The van der Waals surface area contributed by atoms with Crippen LogP contribution in [0.5, 0.6) is 0 Å². The molecular formula is C15H17N. The molecule has 0 unspecified atom stereocenters. The normalized spacial score (nSPS) is 12.6. The van der Waals surface area contributed by atoms with E-state index in [9.17, 15) is 0 Å². The Kier molecular flexibility index (Phi) is 3.37. The van der Waals surface area contributed by atoms with Crippen LogP contribution in [0.2, 0.25) is 0 Å². The second kappa shape index (κ2) is 4.95.